The van der Waals surface area contributed by atoms with Crippen molar-refractivity contribution in [2.45, 2.75) is 24.8 Å². The van der Waals surface area contributed by atoms with Crippen molar-refractivity contribution in [1.29, 1.82) is 0 Å². The molecule has 3 aromatic rings. The van der Waals surface area contributed by atoms with Crippen LogP contribution >= 0.6 is 0 Å². The highest BCUT2D eigenvalue weighted by atomic mass is 32.2. The Balaban J connectivity index is 1.68. The summed E-state index contributed by atoms with van der Waals surface area (Å²) in [5.41, 5.74) is 3.67. The number of anilines is 2. The van der Waals surface area contributed by atoms with Crippen molar-refractivity contribution in [3.63, 3.8) is 0 Å². The summed E-state index contributed by atoms with van der Waals surface area (Å²) in [7, 11) is -3.58. The van der Waals surface area contributed by atoms with E-state index in [2.05, 4.69) is 29.1 Å². The molecular formula is C21H22N2O2S. The van der Waals surface area contributed by atoms with E-state index in [1.165, 1.54) is 5.56 Å². The lowest BCUT2D eigenvalue weighted by Gasteiger charge is -2.16. The van der Waals surface area contributed by atoms with Crippen LogP contribution in [0.3, 0.4) is 0 Å². The average Bonchev–Trinajstić information content (AvgIpc) is 2.64. The fourth-order valence-corrected chi connectivity index (χ4v) is 3.70. The van der Waals surface area contributed by atoms with Gasteiger partial charge in [0.15, 0.2) is 0 Å². The van der Waals surface area contributed by atoms with Gasteiger partial charge in [-0.1, -0.05) is 48.0 Å². The zero-order chi connectivity index (χ0) is 18.6. The number of benzene rings is 3. The van der Waals surface area contributed by atoms with Crippen LogP contribution in [0.4, 0.5) is 11.4 Å². The number of hydrogen-bond acceptors (Lipinski definition) is 3. The van der Waals surface area contributed by atoms with Crippen LogP contribution < -0.4 is 10.0 Å². The molecule has 3 aromatic carbocycles. The van der Waals surface area contributed by atoms with Gasteiger partial charge in [-0.25, -0.2) is 8.42 Å². The molecule has 0 saturated carbocycles. The van der Waals surface area contributed by atoms with Gasteiger partial charge in [-0.15, -0.1) is 0 Å². The van der Waals surface area contributed by atoms with Crippen LogP contribution in [0.25, 0.3) is 0 Å². The minimum atomic E-state index is -3.58. The maximum absolute atomic E-state index is 12.4. The molecule has 0 saturated heterocycles. The van der Waals surface area contributed by atoms with Crippen molar-refractivity contribution < 1.29 is 8.42 Å². The fraction of sp³-hybridized carbons (Fsp3) is 0.143. The molecule has 0 fully saturated rings. The van der Waals surface area contributed by atoms with Gasteiger partial charge in [0.1, 0.15) is 0 Å². The Bertz CT molecular complexity index is 951. The van der Waals surface area contributed by atoms with Gasteiger partial charge >= 0.3 is 0 Å². The Kier molecular flexibility index (Phi) is 5.28. The molecule has 1 atom stereocenters. The number of sulfonamides is 1. The minimum Gasteiger partial charge on any atom is -0.379 e. The van der Waals surface area contributed by atoms with E-state index in [4.69, 9.17) is 0 Å². The predicted molar refractivity (Wildman–Crippen MR) is 107 cm³/mol. The molecule has 5 heteroatoms. The normalized spacial score (nSPS) is 12.4. The van der Waals surface area contributed by atoms with Crippen molar-refractivity contribution in [3.8, 4) is 0 Å². The molecule has 134 valence electrons. The molecule has 0 aliphatic rings. The Morgan fingerprint density at radius 3 is 1.96 bits per heavy atom. The van der Waals surface area contributed by atoms with Crippen LogP contribution in [0.5, 0.6) is 0 Å². The molecule has 0 bridgehead atoms. The predicted octanol–water partition coefficient (Wildman–Crippen LogP) is 4.97. The summed E-state index contributed by atoms with van der Waals surface area (Å²) in [5.74, 6) is 0. The van der Waals surface area contributed by atoms with E-state index in [1.807, 2.05) is 37.3 Å². The number of aryl methyl sites for hydroxylation is 1. The molecule has 26 heavy (non-hydrogen) atoms. The van der Waals surface area contributed by atoms with Gasteiger partial charge < -0.3 is 5.32 Å². The molecule has 3 rings (SSSR count). The SMILES string of the molecule is Cc1ccc(S(=O)(=O)Nc2ccc(NC(C)c3ccccc3)cc2)cc1. The third-order valence-corrected chi connectivity index (χ3v) is 5.55. The van der Waals surface area contributed by atoms with E-state index in [0.717, 1.165) is 11.3 Å². The van der Waals surface area contributed by atoms with Gasteiger partial charge in [-0.2, -0.15) is 0 Å². The summed E-state index contributed by atoms with van der Waals surface area (Å²) in [6, 6.07) is 24.3. The second-order valence-electron chi connectivity index (χ2n) is 6.27. The first-order valence-corrected chi connectivity index (χ1v) is 9.93. The van der Waals surface area contributed by atoms with Gasteiger partial charge in [0, 0.05) is 17.4 Å². The highest BCUT2D eigenvalue weighted by molar-refractivity contribution is 7.92. The van der Waals surface area contributed by atoms with E-state index in [9.17, 15) is 8.42 Å². The van der Waals surface area contributed by atoms with Crippen molar-refractivity contribution in [3.05, 3.63) is 90.0 Å². The van der Waals surface area contributed by atoms with Gasteiger partial charge in [0.25, 0.3) is 10.0 Å². The van der Waals surface area contributed by atoms with Crippen LogP contribution in [0.1, 0.15) is 24.1 Å². The first-order chi connectivity index (χ1) is 12.4. The average molecular weight is 366 g/mol. The van der Waals surface area contributed by atoms with E-state index >= 15 is 0 Å². The van der Waals surface area contributed by atoms with E-state index in [0.29, 0.717) is 5.69 Å². The second-order valence-corrected chi connectivity index (χ2v) is 7.96. The quantitative estimate of drug-likeness (QED) is 0.648. The summed E-state index contributed by atoms with van der Waals surface area (Å²) in [4.78, 5) is 0.253. The molecular weight excluding hydrogens is 344 g/mol. The summed E-state index contributed by atoms with van der Waals surface area (Å²) in [6.45, 7) is 4.01. The van der Waals surface area contributed by atoms with Gasteiger partial charge in [0.2, 0.25) is 0 Å². The zero-order valence-corrected chi connectivity index (χ0v) is 15.6. The standard InChI is InChI=1S/C21H22N2O2S/c1-16-8-14-21(15-9-16)26(24,25)23-20-12-10-19(11-13-20)22-17(2)18-6-4-3-5-7-18/h3-15,17,22-23H,1-2H3. The number of nitrogens with one attached hydrogen (secondary N) is 2. The van der Waals surface area contributed by atoms with Crippen LogP contribution in [0, 0.1) is 6.92 Å². The molecule has 0 amide bonds. The van der Waals surface area contributed by atoms with Crippen molar-refractivity contribution in [1.82, 2.24) is 0 Å². The Morgan fingerprint density at radius 2 is 1.35 bits per heavy atom. The van der Waals surface area contributed by atoms with Crippen molar-refractivity contribution in [2.24, 2.45) is 0 Å². The first kappa shape index (κ1) is 18.0. The summed E-state index contributed by atoms with van der Waals surface area (Å²) in [6.07, 6.45) is 0. The second kappa shape index (κ2) is 7.62. The zero-order valence-electron chi connectivity index (χ0n) is 14.8. The molecule has 0 heterocycles. The molecule has 0 aliphatic heterocycles. The van der Waals surface area contributed by atoms with E-state index in [-0.39, 0.29) is 10.9 Å². The molecule has 1 unspecified atom stereocenters. The van der Waals surface area contributed by atoms with Gasteiger partial charge in [0.05, 0.1) is 4.90 Å². The molecule has 0 aromatic heterocycles. The fourth-order valence-electron chi connectivity index (χ4n) is 2.64. The third kappa shape index (κ3) is 4.43. The van der Waals surface area contributed by atoms with Crippen molar-refractivity contribution >= 4 is 21.4 Å². The van der Waals surface area contributed by atoms with Crippen LogP contribution in [0.2, 0.25) is 0 Å². The first-order valence-electron chi connectivity index (χ1n) is 8.45. The van der Waals surface area contributed by atoms with Gasteiger partial charge in [-0.3, -0.25) is 4.72 Å². The van der Waals surface area contributed by atoms with E-state index < -0.39 is 10.0 Å². The highest BCUT2D eigenvalue weighted by Crippen LogP contribution is 2.22. The summed E-state index contributed by atoms with van der Waals surface area (Å²) in [5, 5.41) is 3.41. The number of hydrogen-bond donors (Lipinski definition) is 2. The summed E-state index contributed by atoms with van der Waals surface area (Å²) < 4.78 is 27.5. The minimum absolute atomic E-state index is 0.159. The summed E-state index contributed by atoms with van der Waals surface area (Å²) >= 11 is 0. The molecule has 4 nitrogen and oxygen atoms in total. The van der Waals surface area contributed by atoms with Crippen LogP contribution in [-0.4, -0.2) is 8.42 Å². The topological polar surface area (TPSA) is 58.2 Å². The van der Waals surface area contributed by atoms with Crippen LogP contribution in [-0.2, 0) is 10.0 Å². The van der Waals surface area contributed by atoms with Gasteiger partial charge in [-0.05, 0) is 55.8 Å². The Hall–Kier alpha value is -2.79. The van der Waals surface area contributed by atoms with Crippen LogP contribution in [0.15, 0.2) is 83.8 Å². The smallest absolute Gasteiger partial charge is 0.261 e. The lowest BCUT2D eigenvalue weighted by Crippen LogP contribution is -2.13. The monoisotopic (exact) mass is 366 g/mol. The Morgan fingerprint density at radius 1 is 0.769 bits per heavy atom. The van der Waals surface area contributed by atoms with Crippen molar-refractivity contribution in [2.75, 3.05) is 10.0 Å². The molecule has 2 N–H and O–H groups in total. The third-order valence-electron chi connectivity index (χ3n) is 4.15. The Labute approximate surface area is 155 Å². The lowest BCUT2D eigenvalue weighted by molar-refractivity contribution is 0.601. The van der Waals surface area contributed by atoms with E-state index in [1.54, 1.807) is 36.4 Å². The molecule has 0 radical (unpaired) electrons. The number of rotatable bonds is 6. The highest BCUT2D eigenvalue weighted by Gasteiger charge is 2.13. The molecule has 0 aliphatic carbocycles. The maximum Gasteiger partial charge on any atom is 0.261 e. The maximum atomic E-state index is 12.4. The molecule has 0 spiro atoms. The lowest BCUT2D eigenvalue weighted by atomic mass is 10.1. The largest absolute Gasteiger partial charge is 0.379 e.